The van der Waals surface area contributed by atoms with Gasteiger partial charge in [-0.3, -0.25) is 20.4 Å². The second-order valence-electron chi connectivity index (χ2n) is 6.69. The Morgan fingerprint density at radius 1 is 1.10 bits per heavy atom. The molecule has 0 aliphatic rings. The Balaban J connectivity index is 1.63. The third-order valence-corrected chi connectivity index (χ3v) is 4.78. The van der Waals surface area contributed by atoms with Crippen LogP contribution in [0.15, 0.2) is 54.6 Å². The number of hydrogen-bond acceptors (Lipinski definition) is 3. The summed E-state index contributed by atoms with van der Waals surface area (Å²) in [5.74, 6) is -2.03. The van der Waals surface area contributed by atoms with Crippen LogP contribution in [0, 0.1) is 19.7 Å². The molecule has 0 bridgehead atoms. The number of hydrazine groups is 1. The van der Waals surface area contributed by atoms with Crippen molar-refractivity contribution in [2.75, 3.05) is 0 Å². The van der Waals surface area contributed by atoms with Gasteiger partial charge in [-0.2, -0.15) is 5.10 Å². The van der Waals surface area contributed by atoms with Crippen LogP contribution < -0.4 is 10.9 Å². The summed E-state index contributed by atoms with van der Waals surface area (Å²) >= 11 is 6.43. The molecule has 0 radical (unpaired) electrons. The molecule has 1 heterocycles. The first-order valence-corrected chi connectivity index (χ1v) is 9.54. The molecule has 0 spiro atoms. The molecule has 0 fully saturated rings. The SMILES string of the molecule is Cc1ccc(Cn2nc(C)c(/C=C/C(=O)NNC(=O)c3ccccc3F)c2Cl)cc1. The van der Waals surface area contributed by atoms with Gasteiger partial charge >= 0.3 is 0 Å². The van der Waals surface area contributed by atoms with E-state index in [1.165, 1.54) is 35.9 Å². The van der Waals surface area contributed by atoms with E-state index in [1.54, 1.807) is 11.6 Å². The first-order valence-electron chi connectivity index (χ1n) is 9.16. The number of aryl methyl sites for hydroxylation is 2. The number of halogens is 2. The van der Waals surface area contributed by atoms with E-state index in [0.717, 1.165) is 11.6 Å². The Morgan fingerprint density at radius 2 is 1.80 bits per heavy atom. The van der Waals surface area contributed by atoms with Crippen LogP contribution in [0.5, 0.6) is 0 Å². The molecule has 0 atom stereocenters. The van der Waals surface area contributed by atoms with Crippen molar-refractivity contribution in [3.05, 3.63) is 93.5 Å². The Bertz CT molecular complexity index is 1110. The van der Waals surface area contributed by atoms with E-state index in [0.29, 0.717) is 23.0 Å². The fraction of sp³-hybridized carbons (Fsp3) is 0.136. The summed E-state index contributed by atoms with van der Waals surface area (Å²) in [5.41, 5.74) is 7.67. The average Bonchev–Trinajstić information content (AvgIpc) is 2.99. The highest BCUT2D eigenvalue weighted by Gasteiger charge is 2.13. The Morgan fingerprint density at radius 3 is 2.50 bits per heavy atom. The quantitative estimate of drug-likeness (QED) is 0.481. The predicted molar refractivity (Wildman–Crippen MR) is 113 cm³/mol. The number of rotatable bonds is 5. The molecule has 0 aliphatic carbocycles. The van der Waals surface area contributed by atoms with Crippen LogP contribution in [0.1, 0.15) is 32.7 Å². The number of hydrogen-bond donors (Lipinski definition) is 2. The number of nitrogens with one attached hydrogen (secondary N) is 2. The van der Waals surface area contributed by atoms with Gasteiger partial charge in [-0.15, -0.1) is 0 Å². The van der Waals surface area contributed by atoms with Gasteiger partial charge in [-0.1, -0.05) is 53.6 Å². The fourth-order valence-corrected chi connectivity index (χ4v) is 3.06. The largest absolute Gasteiger partial charge is 0.272 e. The molecule has 1 aromatic heterocycles. The highest BCUT2D eigenvalue weighted by atomic mass is 35.5. The zero-order chi connectivity index (χ0) is 21.7. The van der Waals surface area contributed by atoms with Crippen LogP contribution in [-0.2, 0) is 11.3 Å². The lowest BCUT2D eigenvalue weighted by Gasteiger charge is -2.06. The van der Waals surface area contributed by atoms with Crippen molar-refractivity contribution in [1.29, 1.82) is 0 Å². The minimum atomic E-state index is -0.755. The van der Waals surface area contributed by atoms with Gasteiger partial charge < -0.3 is 0 Å². The number of nitrogens with zero attached hydrogens (tertiary/aromatic N) is 2. The summed E-state index contributed by atoms with van der Waals surface area (Å²) in [7, 11) is 0. The van der Waals surface area contributed by atoms with Crippen LogP contribution in [0.4, 0.5) is 4.39 Å². The molecule has 154 valence electrons. The summed E-state index contributed by atoms with van der Waals surface area (Å²) in [6.45, 7) is 4.30. The Hall–Kier alpha value is -3.45. The van der Waals surface area contributed by atoms with Crippen molar-refractivity contribution in [3.8, 4) is 0 Å². The lowest BCUT2D eigenvalue weighted by Crippen LogP contribution is -2.41. The van der Waals surface area contributed by atoms with Crippen LogP contribution >= 0.6 is 11.6 Å². The topological polar surface area (TPSA) is 76.0 Å². The van der Waals surface area contributed by atoms with Gasteiger partial charge in [0.15, 0.2) is 0 Å². The summed E-state index contributed by atoms with van der Waals surface area (Å²) in [6, 6.07) is 13.5. The zero-order valence-electron chi connectivity index (χ0n) is 16.4. The van der Waals surface area contributed by atoms with Crippen molar-refractivity contribution in [2.45, 2.75) is 20.4 Å². The summed E-state index contributed by atoms with van der Waals surface area (Å²) < 4.78 is 15.2. The predicted octanol–water partition coefficient (Wildman–Crippen LogP) is 3.82. The molecule has 2 amide bonds. The molecular weight excluding hydrogens is 407 g/mol. The smallest absolute Gasteiger partial charge is 0.268 e. The minimum Gasteiger partial charge on any atom is -0.268 e. The van der Waals surface area contributed by atoms with Gasteiger partial charge in [0, 0.05) is 11.6 Å². The van der Waals surface area contributed by atoms with Crippen LogP contribution in [0.25, 0.3) is 6.08 Å². The normalized spacial score (nSPS) is 10.9. The number of benzene rings is 2. The van der Waals surface area contributed by atoms with E-state index in [2.05, 4.69) is 16.0 Å². The van der Waals surface area contributed by atoms with E-state index < -0.39 is 17.6 Å². The van der Waals surface area contributed by atoms with Crippen molar-refractivity contribution >= 4 is 29.5 Å². The zero-order valence-corrected chi connectivity index (χ0v) is 17.2. The number of aromatic nitrogens is 2. The molecule has 0 saturated carbocycles. The Labute approximate surface area is 178 Å². The highest BCUT2D eigenvalue weighted by molar-refractivity contribution is 6.31. The van der Waals surface area contributed by atoms with Crippen LogP contribution in [0.3, 0.4) is 0 Å². The first kappa shape index (κ1) is 21.3. The van der Waals surface area contributed by atoms with Gasteiger partial charge in [0.1, 0.15) is 11.0 Å². The molecule has 3 aromatic rings. The number of carbonyl (C=O) groups is 2. The van der Waals surface area contributed by atoms with E-state index in [9.17, 15) is 14.0 Å². The maximum Gasteiger partial charge on any atom is 0.272 e. The molecule has 6 nitrogen and oxygen atoms in total. The molecular formula is C22H20ClFN4O2. The summed E-state index contributed by atoms with van der Waals surface area (Å²) in [6.07, 6.45) is 2.73. The van der Waals surface area contributed by atoms with Crippen molar-refractivity contribution in [1.82, 2.24) is 20.6 Å². The van der Waals surface area contributed by atoms with E-state index in [4.69, 9.17) is 11.6 Å². The van der Waals surface area contributed by atoms with Crippen LogP contribution in [0.2, 0.25) is 5.15 Å². The number of amides is 2. The van der Waals surface area contributed by atoms with Gasteiger partial charge in [-0.25, -0.2) is 9.07 Å². The monoisotopic (exact) mass is 426 g/mol. The molecule has 2 aromatic carbocycles. The fourth-order valence-electron chi connectivity index (χ4n) is 2.76. The molecule has 2 N–H and O–H groups in total. The lowest BCUT2D eigenvalue weighted by molar-refractivity contribution is -0.117. The van der Waals surface area contributed by atoms with Gasteiger partial charge in [0.05, 0.1) is 17.8 Å². The van der Waals surface area contributed by atoms with E-state index in [1.807, 2.05) is 31.2 Å². The maximum absolute atomic E-state index is 13.6. The molecule has 8 heteroatoms. The van der Waals surface area contributed by atoms with Gasteiger partial charge in [-0.05, 0) is 37.6 Å². The number of carbonyl (C=O) groups excluding carboxylic acids is 2. The van der Waals surface area contributed by atoms with E-state index >= 15 is 0 Å². The molecule has 0 unspecified atom stereocenters. The lowest BCUT2D eigenvalue weighted by atomic mass is 10.1. The molecule has 30 heavy (non-hydrogen) atoms. The first-order chi connectivity index (χ1) is 14.3. The van der Waals surface area contributed by atoms with Crippen molar-refractivity contribution in [3.63, 3.8) is 0 Å². The van der Waals surface area contributed by atoms with Crippen molar-refractivity contribution < 1.29 is 14.0 Å². The highest BCUT2D eigenvalue weighted by Crippen LogP contribution is 2.22. The standard InChI is InChI=1S/C22H20ClFN4O2/c1-14-7-9-16(10-8-14)13-28-21(23)17(15(2)27-28)11-12-20(29)25-26-22(30)18-5-3-4-6-19(18)24/h3-12H,13H2,1-2H3,(H,25,29)(H,26,30)/b12-11+. The summed E-state index contributed by atoms with van der Waals surface area (Å²) in [4.78, 5) is 23.9. The third-order valence-electron chi connectivity index (χ3n) is 4.38. The van der Waals surface area contributed by atoms with Crippen molar-refractivity contribution in [2.24, 2.45) is 0 Å². The molecule has 0 aliphatic heterocycles. The second-order valence-corrected chi connectivity index (χ2v) is 7.05. The van der Waals surface area contributed by atoms with E-state index in [-0.39, 0.29) is 5.56 Å². The van der Waals surface area contributed by atoms with Crippen LogP contribution in [-0.4, -0.2) is 21.6 Å². The van der Waals surface area contributed by atoms with Gasteiger partial charge in [0.25, 0.3) is 11.8 Å². The molecule has 0 saturated heterocycles. The average molecular weight is 427 g/mol. The minimum absolute atomic E-state index is 0.168. The second kappa shape index (κ2) is 9.37. The molecule has 3 rings (SSSR count). The maximum atomic E-state index is 13.6. The summed E-state index contributed by atoms with van der Waals surface area (Å²) in [5, 5.41) is 4.82. The van der Waals surface area contributed by atoms with Gasteiger partial charge in [0.2, 0.25) is 0 Å². The third kappa shape index (κ3) is 5.12. The Kier molecular flexibility index (Phi) is 6.64.